The number of hydrogen-bond acceptors (Lipinski definition) is 8. The second kappa shape index (κ2) is 39.9. The highest BCUT2D eigenvalue weighted by molar-refractivity contribution is 7.47. The summed E-state index contributed by atoms with van der Waals surface area (Å²) in [7, 11) is -4.38. The summed E-state index contributed by atoms with van der Waals surface area (Å²) < 4.78 is 32.7. The molecule has 0 aromatic carbocycles. The summed E-state index contributed by atoms with van der Waals surface area (Å²) in [6.07, 6.45) is 43.1. The van der Waals surface area contributed by atoms with Gasteiger partial charge in [0.2, 0.25) is 0 Å². The molecule has 0 aromatic heterocycles. The van der Waals surface area contributed by atoms with Crippen LogP contribution in [0.15, 0.2) is 36.5 Å². The van der Waals surface area contributed by atoms with Crippen LogP contribution in [0.1, 0.15) is 194 Å². The van der Waals surface area contributed by atoms with E-state index in [1.165, 1.54) is 89.9 Å². The van der Waals surface area contributed by atoms with Crippen molar-refractivity contribution in [3.8, 4) is 0 Å². The number of esters is 2. The van der Waals surface area contributed by atoms with E-state index in [0.29, 0.717) is 6.42 Å². The highest BCUT2D eigenvalue weighted by Gasteiger charge is 2.26. The van der Waals surface area contributed by atoms with Crippen LogP contribution >= 0.6 is 7.82 Å². The van der Waals surface area contributed by atoms with Crippen molar-refractivity contribution in [1.29, 1.82) is 0 Å². The monoisotopic (exact) mass is 770 g/mol. The molecule has 0 amide bonds. The minimum Gasteiger partial charge on any atom is -0.462 e. The summed E-state index contributed by atoms with van der Waals surface area (Å²) in [5.74, 6) is -0.842. The fraction of sp³-hybridized carbons (Fsp3) is 0.814. The van der Waals surface area contributed by atoms with Gasteiger partial charge >= 0.3 is 19.8 Å². The molecule has 2 unspecified atom stereocenters. The lowest BCUT2D eigenvalue weighted by Crippen LogP contribution is -2.29. The quantitative estimate of drug-likeness (QED) is 0.0270. The second-order valence-electron chi connectivity index (χ2n) is 14.2. The van der Waals surface area contributed by atoms with Gasteiger partial charge in [0.15, 0.2) is 6.10 Å². The third-order valence-corrected chi connectivity index (χ3v) is 9.98. The maximum Gasteiger partial charge on any atom is 0.472 e. The Balaban J connectivity index is 4.15. The summed E-state index contributed by atoms with van der Waals surface area (Å²) in [4.78, 5) is 34.8. The van der Waals surface area contributed by atoms with Gasteiger partial charge in [-0.3, -0.25) is 18.6 Å². The van der Waals surface area contributed by atoms with Crippen molar-refractivity contribution in [3.05, 3.63) is 36.5 Å². The molecular weight excluding hydrogens is 689 g/mol. The van der Waals surface area contributed by atoms with E-state index >= 15 is 0 Å². The largest absolute Gasteiger partial charge is 0.472 e. The molecule has 9 nitrogen and oxygen atoms in total. The molecule has 0 spiro atoms. The van der Waals surface area contributed by atoms with Crippen LogP contribution < -0.4 is 5.73 Å². The lowest BCUT2D eigenvalue weighted by atomic mass is 10.1. The van der Waals surface area contributed by atoms with Gasteiger partial charge in [-0.15, -0.1) is 0 Å². The van der Waals surface area contributed by atoms with Crippen molar-refractivity contribution in [1.82, 2.24) is 0 Å². The van der Waals surface area contributed by atoms with Crippen LogP contribution in [0.25, 0.3) is 0 Å². The Kier molecular flexibility index (Phi) is 38.6. The predicted octanol–water partition coefficient (Wildman–Crippen LogP) is 12.2. The van der Waals surface area contributed by atoms with Crippen LogP contribution in [0.4, 0.5) is 0 Å². The first-order valence-electron chi connectivity index (χ1n) is 21.5. The highest BCUT2D eigenvalue weighted by atomic mass is 31.2. The topological polar surface area (TPSA) is 134 Å². The predicted molar refractivity (Wildman–Crippen MR) is 220 cm³/mol. The van der Waals surface area contributed by atoms with E-state index < -0.39 is 32.5 Å². The first-order valence-corrected chi connectivity index (χ1v) is 23.0. The standard InChI is InChI=1S/C43H80NO8P/c1-3-5-7-9-11-13-15-17-18-19-20-21-22-24-26-28-30-32-34-36-43(46)52-41(40-51-53(47,48)50-38-37-44)39-49-42(45)35-33-31-29-27-25-23-16-14-12-10-8-6-4-2/h11,13-14,16-18,41H,3-10,12,15,19-40,44H2,1-2H3,(H,47,48)/b13-11-,16-14-,18-17-. The van der Waals surface area contributed by atoms with Crippen molar-refractivity contribution in [2.75, 3.05) is 26.4 Å². The Morgan fingerprint density at radius 1 is 0.566 bits per heavy atom. The van der Waals surface area contributed by atoms with Crippen molar-refractivity contribution < 1.29 is 37.6 Å². The number of hydrogen-bond donors (Lipinski definition) is 2. The number of carbonyl (C=O) groups is 2. The molecule has 53 heavy (non-hydrogen) atoms. The van der Waals surface area contributed by atoms with E-state index in [2.05, 4.69) is 50.3 Å². The summed E-state index contributed by atoms with van der Waals surface area (Å²) in [6.45, 7) is 3.68. The number of ether oxygens (including phenoxy) is 2. The van der Waals surface area contributed by atoms with Gasteiger partial charge in [-0.25, -0.2) is 4.57 Å². The van der Waals surface area contributed by atoms with Crippen LogP contribution in [0.3, 0.4) is 0 Å². The Morgan fingerprint density at radius 3 is 1.49 bits per heavy atom. The zero-order chi connectivity index (χ0) is 38.9. The van der Waals surface area contributed by atoms with E-state index in [1.54, 1.807) is 0 Å². The average molecular weight is 770 g/mol. The number of phosphoric ester groups is 1. The van der Waals surface area contributed by atoms with Gasteiger partial charge in [0.05, 0.1) is 13.2 Å². The van der Waals surface area contributed by atoms with E-state index in [-0.39, 0.29) is 32.6 Å². The van der Waals surface area contributed by atoms with Gasteiger partial charge in [0, 0.05) is 19.4 Å². The van der Waals surface area contributed by atoms with Gasteiger partial charge in [-0.2, -0.15) is 0 Å². The third kappa shape index (κ3) is 39.7. The second-order valence-corrected chi connectivity index (χ2v) is 15.7. The van der Waals surface area contributed by atoms with E-state index in [0.717, 1.165) is 70.6 Å². The molecule has 310 valence electrons. The maximum atomic E-state index is 12.6. The Morgan fingerprint density at radius 2 is 0.981 bits per heavy atom. The summed E-state index contributed by atoms with van der Waals surface area (Å²) in [5.41, 5.74) is 5.34. The van der Waals surface area contributed by atoms with Crippen molar-refractivity contribution in [2.24, 2.45) is 5.73 Å². The fourth-order valence-corrected chi connectivity index (χ4v) is 6.54. The molecule has 0 bridgehead atoms. The number of carbonyl (C=O) groups excluding carboxylic acids is 2. The fourth-order valence-electron chi connectivity index (χ4n) is 5.78. The molecule has 2 atom stereocenters. The highest BCUT2D eigenvalue weighted by Crippen LogP contribution is 2.43. The van der Waals surface area contributed by atoms with E-state index in [4.69, 9.17) is 24.3 Å². The van der Waals surface area contributed by atoms with Gasteiger partial charge in [0.25, 0.3) is 0 Å². The number of phosphoric acid groups is 1. The maximum absolute atomic E-state index is 12.6. The minimum absolute atomic E-state index is 0.0513. The molecular formula is C43H80NO8P. The lowest BCUT2D eigenvalue weighted by molar-refractivity contribution is -0.161. The van der Waals surface area contributed by atoms with Gasteiger partial charge in [-0.1, -0.05) is 147 Å². The molecule has 0 saturated heterocycles. The molecule has 10 heteroatoms. The van der Waals surface area contributed by atoms with Gasteiger partial charge in [-0.05, 0) is 70.6 Å². The van der Waals surface area contributed by atoms with Gasteiger partial charge in [0.1, 0.15) is 6.61 Å². The van der Waals surface area contributed by atoms with Gasteiger partial charge < -0.3 is 20.1 Å². The van der Waals surface area contributed by atoms with Crippen molar-refractivity contribution in [3.63, 3.8) is 0 Å². The number of unbranched alkanes of at least 4 members (excludes halogenated alkanes) is 21. The van der Waals surface area contributed by atoms with Crippen LogP contribution in [0, 0.1) is 0 Å². The van der Waals surface area contributed by atoms with Crippen molar-refractivity contribution >= 4 is 19.8 Å². The molecule has 0 heterocycles. The molecule has 0 aromatic rings. The average Bonchev–Trinajstić information content (AvgIpc) is 3.14. The van der Waals surface area contributed by atoms with E-state index in [9.17, 15) is 19.0 Å². The number of rotatable bonds is 40. The van der Waals surface area contributed by atoms with Crippen LogP contribution in [0.2, 0.25) is 0 Å². The molecule has 0 saturated carbocycles. The third-order valence-electron chi connectivity index (χ3n) is 9.00. The lowest BCUT2D eigenvalue weighted by Gasteiger charge is -2.19. The van der Waals surface area contributed by atoms with Crippen LogP contribution in [-0.2, 0) is 32.7 Å². The minimum atomic E-state index is -4.38. The molecule has 0 rings (SSSR count). The zero-order valence-electron chi connectivity index (χ0n) is 34.0. The summed E-state index contributed by atoms with van der Waals surface area (Å²) in [5, 5.41) is 0. The molecule has 0 aliphatic rings. The first kappa shape index (κ1) is 51.2. The van der Waals surface area contributed by atoms with Crippen LogP contribution in [-0.4, -0.2) is 49.3 Å². The Bertz CT molecular complexity index is 970. The zero-order valence-corrected chi connectivity index (χ0v) is 34.9. The first-order chi connectivity index (χ1) is 25.8. The molecule has 0 fully saturated rings. The normalized spacial score (nSPS) is 13.7. The Labute approximate surface area is 324 Å². The number of allylic oxidation sites excluding steroid dienone is 6. The smallest absolute Gasteiger partial charge is 0.462 e. The van der Waals surface area contributed by atoms with E-state index in [1.807, 2.05) is 0 Å². The summed E-state index contributed by atoms with van der Waals surface area (Å²) >= 11 is 0. The molecule has 0 radical (unpaired) electrons. The molecule has 0 aliphatic carbocycles. The molecule has 0 aliphatic heterocycles. The van der Waals surface area contributed by atoms with Crippen LogP contribution in [0.5, 0.6) is 0 Å². The Hall–Kier alpha value is -1.77. The number of nitrogens with two attached hydrogens (primary N) is 1. The summed E-state index contributed by atoms with van der Waals surface area (Å²) in [6, 6.07) is 0. The van der Waals surface area contributed by atoms with Crippen molar-refractivity contribution in [2.45, 2.75) is 200 Å². The molecule has 3 N–H and O–H groups in total. The SMILES string of the molecule is CCCCC/C=C\C/C=C\CCCCCCCCCCCC(=O)OC(COC(=O)CCCCCCC/C=C\CCCCCC)COP(=O)(O)OCCN.